The number of hydrogen-bond acceptors (Lipinski definition) is 3. The van der Waals surface area contributed by atoms with Crippen molar-refractivity contribution in [2.24, 2.45) is 0 Å². The number of aromatic nitrogens is 2. The molecule has 1 heterocycles. The molecule has 0 saturated carbocycles. The summed E-state index contributed by atoms with van der Waals surface area (Å²) >= 11 is 0. The number of carboxylic acid groups (broad SMARTS) is 1. The number of benzene rings is 1. The highest BCUT2D eigenvalue weighted by atomic mass is 16.4. The number of nitrogens with zero attached hydrogens (tertiary/aromatic N) is 2. The molecule has 1 N–H and O–H groups in total. The van der Waals surface area contributed by atoms with E-state index in [1.165, 1.54) is 43.7 Å². The molecule has 29 heavy (non-hydrogen) atoms. The average molecular weight is 395 g/mol. The molecule has 0 bridgehead atoms. The normalized spacial score (nSPS) is 11.2. The smallest absolute Gasteiger partial charge is 0.328 e. The fourth-order valence-electron chi connectivity index (χ4n) is 3.39. The van der Waals surface area contributed by atoms with Gasteiger partial charge in [0.2, 0.25) is 0 Å². The van der Waals surface area contributed by atoms with Crippen LogP contribution in [0.4, 0.5) is 0 Å². The van der Waals surface area contributed by atoms with Crippen LogP contribution in [0.2, 0.25) is 0 Å². The van der Waals surface area contributed by atoms with Crippen molar-refractivity contribution in [1.82, 2.24) is 9.97 Å². The Hall–Kier alpha value is -2.49. The Bertz CT molecular complexity index is 782. The van der Waals surface area contributed by atoms with Gasteiger partial charge in [-0.05, 0) is 54.5 Å². The molecule has 0 spiro atoms. The van der Waals surface area contributed by atoms with Gasteiger partial charge in [0.25, 0.3) is 0 Å². The number of aryl methyl sites for hydroxylation is 2. The molecule has 0 radical (unpaired) electrons. The maximum absolute atomic E-state index is 10.9. The van der Waals surface area contributed by atoms with E-state index in [0.717, 1.165) is 54.6 Å². The molecule has 0 amide bonds. The molecule has 156 valence electrons. The van der Waals surface area contributed by atoms with Crippen molar-refractivity contribution < 1.29 is 9.90 Å². The second-order valence-corrected chi connectivity index (χ2v) is 7.62. The van der Waals surface area contributed by atoms with E-state index in [4.69, 9.17) is 5.11 Å². The van der Waals surface area contributed by atoms with Crippen LogP contribution >= 0.6 is 0 Å². The SMILES string of the molecule is CCCCCCCCc1cc(-c2ncc(CCCC)cn2)ccc1/C=C/C(=O)O. The van der Waals surface area contributed by atoms with Crippen molar-refractivity contribution in [3.05, 3.63) is 53.4 Å². The number of aliphatic carboxylic acids is 1. The van der Waals surface area contributed by atoms with E-state index in [9.17, 15) is 4.79 Å². The van der Waals surface area contributed by atoms with Crippen molar-refractivity contribution in [2.45, 2.75) is 78.1 Å². The Morgan fingerprint density at radius 3 is 2.31 bits per heavy atom. The van der Waals surface area contributed by atoms with E-state index in [2.05, 4.69) is 29.9 Å². The number of carboxylic acids is 1. The molecule has 0 atom stereocenters. The zero-order valence-electron chi connectivity index (χ0n) is 17.9. The summed E-state index contributed by atoms with van der Waals surface area (Å²) in [6, 6.07) is 6.08. The van der Waals surface area contributed by atoms with Crippen LogP contribution in [-0.4, -0.2) is 21.0 Å². The zero-order valence-corrected chi connectivity index (χ0v) is 17.9. The van der Waals surface area contributed by atoms with Gasteiger partial charge >= 0.3 is 5.97 Å². The third-order valence-corrected chi connectivity index (χ3v) is 5.13. The summed E-state index contributed by atoms with van der Waals surface area (Å²) < 4.78 is 0. The van der Waals surface area contributed by atoms with Gasteiger partial charge in [-0.15, -0.1) is 0 Å². The minimum Gasteiger partial charge on any atom is -0.478 e. The molecular formula is C25H34N2O2. The fourth-order valence-corrected chi connectivity index (χ4v) is 3.39. The number of unbranched alkanes of at least 4 members (excludes halogenated alkanes) is 6. The van der Waals surface area contributed by atoms with Crippen LogP contribution in [0.3, 0.4) is 0 Å². The van der Waals surface area contributed by atoms with E-state index < -0.39 is 5.97 Å². The molecule has 1 aromatic heterocycles. The zero-order chi connectivity index (χ0) is 20.9. The van der Waals surface area contributed by atoms with E-state index in [1.807, 2.05) is 24.5 Å². The lowest BCUT2D eigenvalue weighted by atomic mass is 9.97. The van der Waals surface area contributed by atoms with Gasteiger partial charge < -0.3 is 5.11 Å². The Labute approximate surface area is 175 Å². The maximum atomic E-state index is 10.9. The van der Waals surface area contributed by atoms with Gasteiger partial charge in [-0.25, -0.2) is 14.8 Å². The summed E-state index contributed by atoms with van der Waals surface area (Å²) in [5, 5.41) is 8.98. The molecular weight excluding hydrogens is 360 g/mol. The minimum atomic E-state index is -0.925. The molecule has 0 aliphatic heterocycles. The Kier molecular flexibility index (Phi) is 10.1. The molecule has 2 rings (SSSR count). The fraction of sp³-hybridized carbons (Fsp3) is 0.480. The standard InChI is InChI=1S/C25H34N2O2/c1-3-5-7-8-9-10-12-22-17-23(14-13-21(22)15-16-24(28)29)25-26-18-20(19-27-25)11-6-4-2/h13-19H,3-12H2,1-2H3,(H,28,29)/b16-15+. The topological polar surface area (TPSA) is 63.1 Å². The second kappa shape index (κ2) is 12.9. The van der Waals surface area contributed by atoms with E-state index in [-0.39, 0.29) is 0 Å². The van der Waals surface area contributed by atoms with Gasteiger partial charge in [0.15, 0.2) is 5.82 Å². The predicted octanol–water partition coefficient (Wildman–Crippen LogP) is 6.49. The van der Waals surface area contributed by atoms with Crippen LogP contribution in [0, 0.1) is 0 Å². The lowest BCUT2D eigenvalue weighted by Gasteiger charge is -2.10. The summed E-state index contributed by atoms with van der Waals surface area (Å²) in [5.41, 5.74) is 4.28. The van der Waals surface area contributed by atoms with Crippen LogP contribution in [0.1, 0.15) is 81.9 Å². The van der Waals surface area contributed by atoms with E-state index in [1.54, 1.807) is 6.08 Å². The molecule has 0 unspecified atom stereocenters. The van der Waals surface area contributed by atoms with Crippen molar-refractivity contribution in [1.29, 1.82) is 0 Å². The van der Waals surface area contributed by atoms with Gasteiger partial charge in [0.05, 0.1) is 0 Å². The quantitative estimate of drug-likeness (QED) is 0.312. The Balaban J connectivity index is 2.13. The number of carbonyl (C=O) groups is 1. The first-order chi connectivity index (χ1) is 14.1. The Morgan fingerprint density at radius 1 is 0.931 bits per heavy atom. The van der Waals surface area contributed by atoms with Gasteiger partial charge in [-0.2, -0.15) is 0 Å². The summed E-state index contributed by atoms with van der Waals surface area (Å²) in [4.78, 5) is 20.0. The summed E-state index contributed by atoms with van der Waals surface area (Å²) in [6.45, 7) is 4.41. The first kappa shape index (κ1) is 22.8. The van der Waals surface area contributed by atoms with Gasteiger partial charge in [-0.1, -0.05) is 64.5 Å². The van der Waals surface area contributed by atoms with Crippen LogP contribution in [0.5, 0.6) is 0 Å². The van der Waals surface area contributed by atoms with Crippen molar-refractivity contribution in [2.75, 3.05) is 0 Å². The van der Waals surface area contributed by atoms with Crippen LogP contribution in [0.15, 0.2) is 36.7 Å². The van der Waals surface area contributed by atoms with Crippen LogP contribution in [-0.2, 0) is 17.6 Å². The summed E-state index contributed by atoms with van der Waals surface area (Å²) in [6.07, 6.45) is 18.4. The molecule has 0 aliphatic rings. The molecule has 4 heteroatoms. The average Bonchev–Trinajstić information content (AvgIpc) is 2.74. The highest BCUT2D eigenvalue weighted by Crippen LogP contribution is 2.23. The number of hydrogen-bond donors (Lipinski definition) is 1. The predicted molar refractivity (Wildman–Crippen MR) is 120 cm³/mol. The van der Waals surface area contributed by atoms with Crippen molar-refractivity contribution in [3.63, 3.8) is 0 Å². The van der Waals surface area contributed by atoms with Gasteiger partial charge in [0.1, 0.15) is 0 Å². The third kappa shape index (κ3) is 8.18. The van der Waals surface area contributed by atoms with Crippen LogP contribution in [0.25, 0.3) is 17.5 Å². The third-order valence-electron chi connectivity index (χ3n) is 5.13. The summed E-state index contributed by atoms with van der Waals surface area (Å²) in [7, 11) is 0. The molecule has 0 saturated heterocycles. The Morgan fingerprint density at radius 2 is 1.62 bits per heavy atom. The molecule has 2 aromatic rings. The monoisotopic (exact) mass is 394 g/mol. The maximum Gasteiger partial charge on any atom is 0.328 e. The van der Waals surface area contributed by atoms with E-state index >= 15 is 0 Å². The molecule has 0 aliphatic carbocycles. The highest BCUT2D eigenvalue weighted by Gasteiger charge is 2.07. The highest BCUT2D eigenvalue weighted by molar-refractivity contribution is 5.85. The largest absolute Gasteiger partial charge is 0.478 e. The lowest BCUT2D eigenvalue weighted by Crippen LogP contribution is -1.96. The van der Waals surface area contributed by atoms with Crippen LogP contribution < -0.4 is 0 Å². The molecule has 1 aromatic carbocycles. The lowest BCUT2D eigenvalue weighted by molar-refractivity contribution is -0.131. The van der Waals surface area contributed by atoms with Gasteiger partial charge in [-0.3, -0.25) is 0 Å². The summed E-state index contributed by atoms with van der Waals surface area (Å²) in [5.74, 6) is -0.200. The molecule has 0 fully saturated rings. The molecule has 4 nitrogen and oxygen atoms in total. The van der Waals surface area contributed by atoms with Crippen molar-refractivity contribution in [3.8, 4) is 11.4 Å². The first-order valence-electron chi connectivity index (χ1n) is 11.0. The van der Waals surface area contributed by atoms with E-state index in [0.29, 0.717) is 0 Å². The van der Waals surface area contributed by atoms with Crippen molar-refractivity contribution >= 4 is 12.0 Å². The second-order valence-electron chi connectivity index (χ2n) is 7.62. The first-order valence-corrected chi connectivity index (χ1v) is 11.0. The minimum absolute atomic E-state index is 0.725. The number of rotatable bonds is 13. The van der Waals surface area contributed by atoms with Gasteiger partial charge in [0, 0.05) is 24.0 Å².